The van der Waals surface area contributed by atoms with Crippen molar-refractivity contribution in [1.82, 2.24) is 4.98 Å². The molecule has 0 radical (unpaired) electrons. The molecule has 0 saturated carbocycles. The Morgan fingerprint density at radius 3 is 2.12 bits per heavy atom. The summed E-state index contributed by atoms with van der Waals surface area (Å²) in [6, 6.07) is 21.5. The highest BCUT2D eigenvalue weighted by atomic mass is 31.1. The van der Waals surface area contributed by atoms with Gasteiger partial charge in [-0.25, -0.2) is 0 Å². The predicted octanol–water partition coefficient (Wildman–Crippen LogP) is 14.8. The Morgan fingerprint density at radius 1 is 0.767 bits per heavy atom. The highest BCUT2D eigenvalue weighted by molar-refractivity contribution is 7.34. The third-order valence-electron chi connectivity index (χ3n) is 12.5. The first-order chi connectivity index (χ1) is 28.0. The molecule has 3 unspecified atom stereocenters. The summed E-state index contributed by atoms with van der Waals surface area (Å²) in [4.78, 5) is 4.87. The van der Waals surface area contributed by atoms with Crippen LogP contribution in [0.25, 0.3) is 28.1 Å². The molecule has 5 aromatic rings. The summed E-state index contributed by atoms with van der Waals surface area (Å²) in [6.07, 6.45) is 6.35. The molecule has 0 fully saturated rings. The number of aromatic nitrogens is 1. The van der Waals surface area contributed by atoms with Gasteiger partial charge < -0.3 is 23.6 Å². The Labute approximate surface area is 363 Å². The van der Waals surface area contributed by atoms with Crippen LogP contribution in [-0.4, -0.2) is 16.9 Å². The molecule has 4 aromatic carbocycles. The van der Waals surface area contributed by atoms with E-state index in [1.165, 1.54) is 22.3 Å². The summed E-state index contributed by atoms with van der Waals surface area (Å²) >= 11 is 0. The van der Waals surface area contributed by atoms with Gasteiger partial charge >= 0.3 is 0 Å². The molecule has 2 aliphatic heterocycles. The van der Waals surface area contributed by atoms with Crippen LogP contribution in [0.5, 0.6) is 23.0 Å². The van der Waals surface area contributed by atoms with E-state index in [9.17, 15) is 0 Å². The molecule has 60 heavy (non-hydrogen) atoms. The van der Waals surface area contributed by atoms with Crippen molar-refractivity contribution in [3.8, 4) is 34.1 Å². The summed E-state index contributed by atoms with van der Waals surface area (Å²) in [7, 11) is -0.245. The topological polar surface area (TPSA) is 61.8 Å². The summed E-state index contributed by atoms with van der Waals surface area (Å²) in [5.41, 5.74) is 12.8. The maximum Gasteiger partial charge on any atom is 0.275 e. The fourth-order valence-corrected chi connectivity index (χ4v) is 10.4. The number of nitrogens with one attached hydrogen (secondary N) is 1. The van der Waals surface area contributed by atoms with Gasteiger partial charge in [-0.15, -0.1) is 0 Å². The molecule has 1 N–H and O–H groups in total. The van der Waals surface area contributed by atoms with Crippen molar-refractivity contribution in [1.29, 1.82) is 0 Å². The van der Waals surface area contributed by atoms with Gasteiger partial charge in [0.15, 0.2) is 5.34 Å². The van der Waals surface area contributed by atoms with Crippen LogP contribution in [0.15, 0.2) is 66.7 Å². The molecule has 2 aliphatic rings. The molecular weight excluding hydrogens is 779 g/mol. The second-order valence-electron chi connectivity index (χ2n) is 20.5. The van der Waals surface area contributed by atoms with Crippen molar-refractivity contribution in [3.05, 3.63) is 111 Å². The predicted molar refractivity (Wildman–Crippen MR) is 258 cm³/mol. The van der Waals surface area contributed by atoms with E-state index in [0.29, 0.717) is 0 Å². The van der Waals surface area contributed by atoms with E-state index < -0.39 is 10.8 Å². The second-order valence-corrected chi connectivity index (χ2v) is 22.5. The summed E-state index contributed by atoms with van der Waals surface area (Å²) < 4.78 is 27.8. The number of ether oxygens (including phenoxy) is 1. The standard InChI is InChI=1S/C52H66N2O4P2/c1-16-18-35-21-20-34-28-37(23-25-43(34)54-35)56-60-58-46-40(50(10,11)12)29-38(48(4,5)6)31(2)44(46)45-32(3)39(49(7,8)9)30-41-47(45)57-59-52(15,51(41,13)14)55-36-22-24-42-33(27-36)19-17-26-53-42/h17,19-25,27-30,53,59-60H,16,18,26H2,1-15H3. The van der Waals surface area contributed by atoms with E-state index in [2.05, 4.69) is 170 Å². The lowest BCUT2D eigenvalue weighted by Gasteiger charge is -2.48. The molecule has 0 spiro atoms. The maximum atomic E-state index is 7.18. The molecular formula is C52H66N2O4P2. The van der Waals surface area contributed by atoms with Crippen molar-refractivity contribution in [2.75, 3.05) is 11.9 Å². The average molecular weight is 845 g/mol. The van der Waals surface area contributed by atoms with E-state index in [-0.39, 0.29) is 34.1 Å². The second kappa shape index (κ2) is 16.0. The Kier molecular flexibility index (Phi) is 11.7. The van der Waals surface area contributed by atoms with Crippen LogP contribution in [0, 0.1) is 13.8 Å². The maximum absolute atomic E-state index is 7.18. The smallest absolute Gasteiger partial charge is 0.275 e. The molecule has 0 amide bonds. The first-order valence-electron chi connectivity index (χ1n) is 21.6. The van der Waals surface area contributed by atoms with Gasteiger partial charge in [0.2, 0.25) is 0 Å². The lowest BCUT2D eigenvalue weighted by Crippen LogP contribution is -2.49. The molecule has 0 bridgehead atoms. The molecule has 0 saturated heterocycles. The van der Waals surface area contributed by atoms with E-state index >= 15 is 0 Å². The van der Waals surface area contributed by atoms with Crippen LogP contribution < -0.4 is 23.6 Å². The van der Waals surface area contributed by atoms with E-state index in [4.69, 9.17) is 23.3 Å². The highest BCUT2D eigenvalue weighted by Gasteiger charge is 2.52. The van der Waals surface area contributed by atoms with Gasteiger partial charge in [-0.1, -0.05) is 120 Å². The SMILES string of the molecule is CCCc1ccc2cc(OPOc3c(C(C)(C)C)cc(C(C)(C)C)c(C)c3-c3c(C)c(C(C)(C)C)cc4c3OPC(C)(Oc3ccc5c(c3)C=CCN5)C4(C)C)ccc2n1. The van der Waals surface area contributed by atoms with Crippen LogP contribution in [0.1, 0.15) is 141 Å². The molecule has 6 nitrogen and oxygen atoms in total. The van der Waals surface area contributed by atoms with Gasteiger partial charge in [-0.05, 0) is 108 Å². The quantitative estimate of drug-likeness (QED) is 0.149. The highest BCUT2D eigenvalue weighted by Crippen LogP contribution is 2.62. The normalized spacial score (nSPS) is 18.0. The number of nitrogens with zero attached hydrogens (tertiary/aromatic N) is 1. The third kappa shape index (κ3) is 8.29. The van der Waals surface area contributed by atoms with Crippen LogP contribution in [0.3, 0.4) is 0 Å². The average Bonchev–Trinajstić information content (AvgIpc) is 3.15. The van der Waals surface area contributed by atoms with Crippen molar-refractivity contribution in [2.24, 2.45) is 0 Å². The molecule has 3 heterocycles. The minimum absolute atomic E-state index is 0.0338. The zero-order chi connectivity index (χ0) is 43.6. The fraction of sp³-hybridized carbons (Fsp3) is 0.442. The van der Waals surface area contributed by atoms with Crippen molar-refractivity contribution < 1.29 is 18.3 Å². The first-order valence-corrected chi connectivity index (χ1v) is 23.3. The Hall–Kier alpha value is -4.11. The van der Waals surface area contributed by atoms with Gasteiger partial charge in [0, 0.05) is 56.5 Å². The lowest BCUT2D eigenvalue weighted by molar-refractivity contribution is 0.0901. The number of fused-ring (bicyclic) bond motifs is 3. The molecule has 318 valence electrons. The number of rotatable bonds is 9. The van der Waals surface area contributed by atoms with Gasteiger partial charge in [0.25, 0.3) is 9.03 Å². The zero-order valence-electron chi connectivity index (χ0n) is 38.6. The summed E-state index contributed by atoms with van der Waals surface area (Å²) in [6.45, 7) is 35.1. The minimum atomic E-state index is -0.651. The van der Waals surface area contributed by atoms with Crippen LogP contribution in [0.4, 0.5) is 5.69 Å². The van der Waals surface area contributed by atoms with E-state index in [1.807, 2.05) is 12.1 Å². The Bertz CT molecular complexity index is 2480. The number of anilines is 1. The van der Waals surface area contributed by atoms with Gasteiger partial charge in [0.1, 0.15) is 31.8 Å². The molecule has 0 aliphatic carbocycles. The van der Waals surface area contributed by atoms with Crippen molar-refractivity contribution in [2.45, 2.75) is 144 Å². The largest absolute Gasteiger partial charge is 0.479 e. The fourth-order valence-electron chi connectivity index (χ4n) is 8.80. The number of benzene rings is 4. The summed E-state index contributed by atoms with van der Waals surface area (Å²) in [5.74, 6) is 3.35. The number of hydrogen-bond donors (Lipinski definition) is 1. The van der Waals surface area contributed by atoms with Crippen LogP contribution >= 0.6 is 17.8 Å². The van der Waals surface area contributed by atoms with Crippen molar-refractivity contribution >= 4 is 40.5 Å². The van der Waals surface area contributed by atoms with Gasteiger partial charge in [0.05, 0.1) is 5.52 Å². The lowest BCUT2D eigenvalue weighted by atomic mass is 9.70. The molecule has 1 aromatic heterocycles. The molecule has 8 heteroatoms. The number of aryl methyl sites for hydroxylation is 1. The first kappa shape index (κ1) is 44.0. The van der Waals surface area contributed by atoms with Gasteiger partial charge in [-0.3, -0.25) is 4.98 Å². The third-order valence-corrected chi connectivity index (χ3v) is 14.6. The molecule has 7 rings (SSSR count). The number of pyridine rings is 1. The number of hydrogen-bond acceptors (Lipinski definition) is 6. The Morgan fingerprint density at radius 2 is 1.43 bits per heavy atom. The van der Waals surface area contributed by atoms with E-state index in [0.717, 1.165) is 92.5 Å². The molecule has 3 atom stereocenters. The van der Waals surface area contributed by atoms with E-state index in [1.54, 1.807) is 0 Å². The zero-order valence-corrected chi connectivity index (χ0v) is 40.6. The Balaban J connectivity index is 1.39. The van der Waals surface area contributed by atoms with Crippen LogP contribution in [0.2, 0.25) is 0 Å². The van der Waals surface area contributed by atoms with Crippen molar-refractivity contribution in [3.63, 3.8) is 0 Å². The monoisotopic (exact) mass is 844 g/mol. The minimum Gasteiger partial charge on any atom is -0.479 e. The summed E-state index contributed by atoms with van der Waals surface area (Å²) in [5, 5.41) is 3.86. The van der Waals surface area contributed by atoms with Crippen LogP contribution in [-0.2, 0) is 28.1 Å². The van der Waals surface area contributed by atoms with Gasteiger partial charge in [-0.2, -0.15) is 0 Å².